The van der Waals surface area contributed by atoms with E-state index in [1.807, 2.05) is 12.1 Å². The van der Waals surface area contributed by atoms with Crippen molar-refractivity contribution in [1.29, 1.82) is 0 Å². The van der Waals surface area contributed by atoms with Crippen molar-refractivity contribution in [3.8, 4) is 11.3 Å². The predicted octanol–water partition coefficient (Wildman–Crippen LogP) is 4.58. The summed E-state index contributed by atoms with van der Waals surface area (Å²) in [5.41, 5.74) is 1.17. The molecular weight excluding hydrogens is 366 g/mol. The number of thiazole rings is 1. The van der Waals surface area contributed by atoms with E-state index in [9.17, 15) is 14.9 Å². The molecule has 7 nitrogen and oxygen atoms in total. The van der Waals surface area contributed by atoms with Crippen LogP contribution in [0, 0.1) is 10.1 Å². The molecule has 2 heterocycles. The minimum Gasteiger partial charge on any atom is -0.422 e. The van der Waals surface area contributed by atoms with Crippen LogP contribution in [0.25, 0.3) is 22.2 Å². The number of para-hydroxylation sites is 2. The highest BCUT2D eigenvalue weighted by Crippen LogP contribution is 2.27. The fourth-order valence-electron chi connectivity index (χ4n) is 2.58. The average molecular weight is 377 g/mol. The Balaban J connectivity index is 1.68. The highest BCUT2D eigenvalue weighted by molar-refractivity contribution is 7.13. The molecule has 4 aromatic rings. The van der Waals surface area contributed by atoms with Gasteiger partial charge in [0.25, 0.3) is 5.69 Å². The third-order valence-corrected chi connectivity index (χ3v) is 4.61. The van der Waals surface area contributed by atoms with Crippen molar-refractivity contribution in [3.63, 3.8) is 0 Å². The number of hydrogen-bond acceptors (Lipinski definition) is 7. The van der Waals surface area contributed by atoms with Crippen molar-refractivity contribution in [2.75, 3.05) is 0 Å². The van der Waals surface area contributed by atoms with Crippen molar-refractivity contribution in [2.45, 2.75) is 0 Å². The Kier molecular flexibility index (Phi) is 4.31. The van der Waals surface area contributed by atoms with E-state index in [1.54, 1.807) is 41.8 Å². The first kappa shape index (κ1) is 16.8. The number of aromatic nitrogens is 1. The number of nitrogens with zero attached hydrogens (tertiary/aromatic N) is 3. The third-order valence-electron chi connectivity index (χ3n) is 3.86. The van der Waals surface area contributed by atoms with Crippen LogP contribution in [0.4, 0.5) is 10.8 Å². The molecule has 0 bridgehead atoms. The first-order valence-electron chi connectivity index (χ1n) is 7.88. The lowest BCUT2D eigenvalue weighted by Gasteiger charge is -1.98. The summed E-state index contributed by atoms with van der Waals surface area (Å²) in [6, 6.07) is 15.3. The van der Waals surface area contributed by atoms with Crippen LogP contribution in [0.3, 0.4) is 0 Å². The Hall–Kier alpha value is -3.65. The van der Waals surface area contributed by atoms with Crippen LogP contribution in [0.5, 0.6) is 0 Å². The molecule has 0 radical (unpaired) electrons. The first-order chi connectivity index (χ1) is 13.1. The second-order valence-electron chi connectivity index (χ2n) is 5.57. The maximum Gasteiger partial charge on any atom is 0.345 e. The summed E-state index contributed by atoms with van der Waals surface area (Å²) in [4.78, 5) is 31.3. The summed E-state index contributed by atoms with van der Waals surface area (Å²) in [6.45, 7) is 0. The summed E-state index contributed by atoms with van der Waals surface area (Å²) in [7, 11) is 0. The van der Waals surface area contributed by atoms with E-state index in [0.29, 0.717) is 27.5 Å². The summed E-state index contributed by atoms with van der Waals surface area (Å²) in [5, 5.41) is 13.9. The first-order valence-corrected chi connectivity index (χ1v) is 8.76. The van der Waals surface area contributed by atoms with Crippen LogP contribution in [-0.4, -0.2) is 16.1 Å². The Bertz CT molecular complexity index is 1240. The van der Waals surface area contributed by atoms with Crippen molar-refractivity contribution < 1.29 is 9.34 Å². The molecular formula is C19H11N3O4S. The van der Waals surface area contributed by atoms with E-state index in [1.165, 1.54) is 23.6 Å². The summed E-state index contributed by atoms with van der Waals surface area (Å²) in [5.74, 6) is 0. The number of benzene rings is 2. The zero-order valence-electron chi connectivity index (χ0n) is 13.7. The second-order valence-corrected chi connectivity index (χ2v) is 6.41. The van der Waals surface area contributed by atoms with Crippen molar-refractivity contribution in [1.82, 2.24) is 4.98 Å². The topological polar surface area (TPSA) is 98.6 Å². The standard InChI is InChI=1S/C19H11N3O4S/c23-18-14(9-12-5-2-4-8-17(12)26-18)15-11-27-19(21-15)20-10-13-6-1-3-7-16(13)22(24)25/h1-11H/b20-10+. The number of rotatable bonds is 4. The lowest BCUT2D eigenvalue weighted by Crippen LogP contribution is -2.02. The van der Waals surface area contributed by atoms with Gasteiger partial charge in [0.05, 0.1) is 21.7 Å². The zero-order chi connectivity index (χ0) is 18.8. The molecule has 0 unspecified atom stereocenters. The number of nitro benzene ring substituents is 1. The van der Waals surface area contributed by atoms with E-state index < -0.39 is 10.5 Å². The highest BCUT2D eigenvalue weighted by atomic mass is 32.1. The third kappa shape index (κ3) is 3.38. The van der Waals surface area contributed by atoms with Gasteiger partial charge in [0.2, 0.25) is 5.13 Å². The van der Waals surface area contributed by atoms with Crippen LogP contribution in [0.2, 0.25) is 0 Å². The van der Waals surface area contributed by atoms with Crippen LogP contribution in [0.15, 0.2) is 74.2 Å². The Morgan fingerprint density at radius 2 is 1.93 bits per heavy atom. The van der Waals surface area contributed by atoms with Crippen LogP contribution in [0.1, 0.15) is 5.56 Å². The fourth-order valence-corrected chi connectivity index (χ4v) is 3.24. The van der Waals surface area contributed by atoms with E-state index >= 15 is 0 Å². The maximum absolute atomic E-state index is 12.2. The Morgan fingerprint density at radius 3 is 2.78 bits per heavy atom. The van der Waals surface area contributed by atoms with E-state index in [2.05, 4.69) is 9.98 Å². The van der Waals surface area contributed by atoms with Crippen molar-refractivity contribution in [2.24, 2.45) is 4.99 Å². The molecule has 0 saturated carbocycles. The molecule has 8 heteroatoms. The molecule has 0 aliphatic rings. The SMILES string of the molecule is O=c1oc2ccccc2cc1-c1csc(/N=C/c2ccccc2[N+](=O)[O-])n1. The van der Waals surface area contributed by atoms with Crippen LogP contribution < -0.4 is 5.63 Å². The highest BCUT2D eigenvalue weighted by Gasteiger charge is 2.12. The molecule has 132 valence electrons. The fraction of sp³-hybridized carbons (Fsp3) is 0. The Labute approximate surface area is 156 Å². The van der Waals surface area contributed by atoms with E-state index in [0.717, 1.165) is 5.39 Å². The largest absolute Gasteiger partial charge is 0.422 e. The van der Waals surface area contributed by atoms with Gasteiger partial charge < -0.3 is 4.42 Å². The van der Waals surface area contributed by atoms with Gasteiger partial charge in [-0.1, -0.05) is 30.3 Å². The van der Waals surface area contributed by atoms with Gasteiger partial charge >= 0.3 is 5.63 Å². The molecule has 0 N–H and O–H groups in total. The molecule has 0 spiro atoms. The van der Waals surface area contributed by atoms with Gasteiger partial charge in [-0.05, 0) is 18.2 Å². The lowest BCUT2D eigenvalue weighted by molar-refractivity contribution is -0.385. The summed E-state index contributed by atoms with van der Waals surface area (Å²) < 4.78 is 5.32. The molecule has 27 heavy (non-hydrogen) atoms. The molecule has 2 aromatic heterocycles. The molecule has 0 amide bonds. The maximum atomic E-state index is 12.2. The summed E-state index contributed by atoms with van der Waals surface area (Å²) >= 11 is 1.23. The number of fused-ring (bicyclic) bond motifs is 1. The average Bonchev–Trinajstić information content (AvgIpc) is 3.14. The molecule has 0 saturated heterocycles. The molecule has 4 rings (SSSR count). The summed E-state index contributed by atoms with van der Waals surface area (Å²) in [6.07, 6.45) is 1.39. The zero-order valence-corrected chi connectivity index (χ0v) is 14.6. The van der Waals surface area contributed by atoms with Crippen LogP contribution in [-0.2, 0) is 0 Å². The van der Waals surface area contributed by atoms with Gasteiger partial charge in [-0.2, -0.15) is 0 Å². The minimum atomic E-state index is -0.478. The van der Waals surface area contributed by atoms with Gasteiger partial charge in [-0.25, -0.2) is 14.8 Å². The molecule has 0 aliphatic heterocycles. The molecule has 0 atom stereocenters. The van der Waals surface area contributed by atoms with Crippen molar-refractivity contribution >= 4 is 39.3 Å². The number of nitro groups is 1. The van der Waals surface area contributed by atoms with Crippen LogP contribution >= 0.6 is 11.3 Å². The quantitative estimate of drug-likeness (QED) is 0.224. The molecule has 0 fully saturated rings. The van der Waals surface area contributed by atoms with Gasteiger partial charge in [0.15, 0.2) is 0 Å². The van der Waals surface area contributed by atoms with E-state index in [4.69, 9.17) is 4.42 Å². The smallest absolute Gasteiger partial charge is 0.345 e. The van der Waals surface area contributed by atoms with Gasteiger partial charge in [-0.3, -0.25) is 10.1 Å². The predicted molar refractivity (Wildman–Crippen MR) is 104 cm³/mol. The monoisotopic (exact) mass is 377 g/mol. The molecule has 0 aliphatic carbocycles. The van der Waals surface area contributed by atoms with Crippen molar-refractivity contribution in [3.05, 3.63) is 86.1 Å². The van der Waals surface area contributed by atoms with Gasteiger partial charge in [0, 0.05) is 23.0 Å². The molecule has 2 aromatic carbocycles. The van der Waals surface area contributed by atoms with Gasteiger partial charge in [0.1, 0.15) is 5.58 Å². The van der Waals surface area contributed by atoms with Gasteiger partial charge in [-0.15, -0.1) is 11.3 Å². The second kappa shape index (κ2) is 6.93. The van der Waals surface area contributed by atoms with E-state index in [-0.39, 0.29) is 5.69 Å². The normalized spacial score (nSPS) is 11.3. The number of hydrogen-bond donors (Lipinski definition) is 0. The Morgan fingerprint density at radius 1 is 1.15 bits per heavy atom. The minimum absolute atomic E-state index is 0.0341. The lowest BCUT2D eigenvalue weighted by atomic mass is 10.1. The number of aliphatic imine (C=N–C) groups is 1.